The zero-order valence-corrected chi connectivity index (χ0v) is 10.8. The molecule has 19 heavy (non-hydrogen) atoms. The van der Waals surface area contributed by atoms with Crippen LogP contribution in [-0.4, -0.2) is 36.0 Å². The van der Waals surface area contributed by atoms with E-state index in [0.29, 0.717) is 12.5 Å². The van der Waals surface area contributed by atoms with E-state index >= 15 is 0 Å². The van der Waals surface area contributed by atoms with Crippen LogP contribution in [0, 0.1) is 6.92 Å². The van der Waals surface area contributed by atoms with Crippen molar-refractivity contribution in [1.82, 2.24) is 29.4 Å². The number of fused-ring (bicyclic) bond motifs is 1. The van der Waals surface area contributed by atoms with Crippen molar-refractivity contribution in [3.63, 3.8) is 0 Å². The van der Waals surface area contributed by atoms with E-state index in [9.17, 15) is 0 Å². The lowest BCUT2D eigenvalue weighted by molar-refractivity contribution is 0.308. The Morgan fingerprint density at radius 3 is 3.00 bits per heavy atom. The third kappa shape index (κ3) is 2.26. The Hall–Kier alpha value is -2.44. The Bertz CT molecular complexity index is 701. The van der Waals surface area contributed by atoms with E-state index in [4.69, 9.17) is 4.74 Å². The average Bonchev–Trinajstić information content (AvgIpc) is 2.98. The van der Waals surface area contributed by atoms with Crippen LogP contribution in [0.25, 0.3) is 5.52 Å². The first kappa shape index (κ1) is 11.6. The quantitative estimate of drug-likeness (QED) is 0.692. The standard InChI is InChI=1S/C12H14N6O/c1-9-7-18-11(6-14-16-18)12(15-9)19-4-3-10-5-13-8-17(10)2/h5-8H,3-4H2,1-2H3. The smallest absolute Gasteiger partial charge is 0.242 e. The lowest BCUT2D eigenvalue weighted by Crippen LogP contribution is -2.07. The molecule has 3 aromatic heterocycles. The maximum atomic E-state index is 5.73. The van der Waals surface area contributed by atoms with Crippen LogP contribution in [0.15, 0.2) is 24.9 Å². The summed E-state index contributed by atoms with van der Waals surface area (Å²) in [6, 6.07) is 0. The second-order valence-corrected chi connectivity index (χ2v) is 4.35. The average molecular weight is 258 g/mol. The molecule has 3 aromatic rings. The van der Waals surface area contributed by atoms with Gasteiger partial charge in [0.1, 0.15) is 5.52 Å². The number of aromatic nitrogens is 6. The van der Waals surface area contributed by atoms with Gasteiger partial charge in [-0.25, -0.2) is 14.5 Å². The Kier molecular flexibility index (Phi) is 2.86. The molecule has 0 aromatic carbocycles. The second-order valence-electron chi connectivity index (χ2n) is 4.35. The molecular weight excluding hydrogens is 244 g/mol. The summed E-state index contributed by atoms with van der Waals surface area (Å²) >= 11 is 0. The summed E-state index contributed by atoms with van der Waals surface area (Å²) in [6.45, 7) is 2.44. The summed E-state index contributed by atoms with van der Waals surface area (Å²) in [5.41, 5.74) is 2.74. The first-order chi connectivity index (χ1) is 9.24. The number of imidazole rings is 1. The Balaban J connectivity index is 1.75. The van der Waals surface area contributed by atoms with Crippen molar-refractivity contribution in [3.8, 4) is 5.88 Å². The van der Waals surface area contributed by atoms with Crippen LogP contribution in [-0.2, 0) is 13.5 Å². The van der Waals surface area contributed by atoms with Crippen LogP contribution in [0.1, 0.15) is 11.4 Å². The SMILES string of the molecule is Cc1cn2nncc2c(OCCc2cncn2C)n1. The molecule has 7 heteroatoms. The Morgan fingerprint density at radius 1 is 1.32 bits per heavy atom. The van der Waals surface area contributed by atoms with Crippen molar-refractivity contribution in [3.05, 3.63) is 36.3 Å². The van der Waals surface area contributed by atoms with Crippen molar-refractivity contribution in [2.24, 2.45) is 7.05 Å². The highest BCUT2D eigenvalue weighted by Gasteiger charge is 2.08. The fourth-order valence-corrected chi connectivity index (χ4v) is 1.90. The van der Waals surface area contributed by atoms with Crippen molar-refractivity contribution < 1.29 is 4.74 Å². The number of hydrogen-bond acceptors (Lipinski definition) is 5. The molecule has 0 fully saturated rings. The van der Waals surface area contributed by atoms with Crippen LogP contribution >= 0.6 is 0 Å². The molecular formula is C12H14N6O. The summed E-state index contributed by atoms with van der Waals surface area (Å²) in [5.74, 6) is 0.562. The molecule has 0 unspecified atom stereocenters. The summed E-state index contributed by atoms with van der Waals surface area (Å²) < 4.78 is 9.38. The van der Waals surface area contributed by atoms with Crippen molar-refractivity contribution in [2.75, 3.05) is 6.61 Å². The summed E-state index contributed by atoms with van der Waals surface area (Å²) in [7, 11) is 1.96. The third-order valence-electron chi connectivity index (χ3n) is 2.89. The first-order valence-corrected chi connectivity index (χ1v) is 6.00. The minimum atomic E-state index is 0.539. The van der Waals surface area contributed by atoms with Crippen LogP contribution in [0.5, 0.6) is 5.88 Å². The minimum absolute atomic E-state index is 0.539. The van der Waals surface area contributed by atoms with E-state index in [-0.39, 0.29) is 0 Å². The topological polar surface area (TPSA) is 70.1 Å². The van der Waals surface area contributed by atoms with Gasteiger partial charge in [0.05, 0.1) is 31.0 Å². The normalized spacial score (nSPS) is 11.1. The molecule has 0 saturated carbocycles. The molecule has 0 aliphatic rings. The predicted octanol–water partition coefficient (Wildman–Crippen LogP) is 0.788. The summed E-state index contributed by atoms with van der Waals surface area (Å²) in [4.78, 5) is 8.44. The molecule has 0 radical (unpaired) electrons. The summed E-state index contributed by atoms with van der Waals surface area (Å²) in [6.07, 6.45) is 7.85. The molecule has 0 bridgehead atoms. The molecule has 3 heterocycles. The van der Waals surface area contributed by atoms with Gasteiger partial charge in [-0.3, -0.25) is 0 Å². The van der Waals surface area contributed by atoms with Gasteiger partial charge in [-0.05, 0) is 6.92 Å². The van der Waals surface area contributed by atoms with E-state index in [1.807, 2.05) is 30.9 Å². The van der Waals surface area contributed by atoms with E-state index in [1.165, 1.54) is 0 Å². The maximum Gasteiger partial charge on any atom is 0.242 e. The lowest BCUT2D eigenvalue weighted by Gasteiger charge is -2.07. The van der Waals surface area contributed by atoms with E-state index in [1.54, 1.807) is 17.0 Å². The molecule has 0 aliphatic carbocycles. The van der Waals surface area contributed by atoms with Crippen LogP contribution in [0.4, 0.5) is 0 Å². The Labute approximate surface area is 109 Å². The van der Waals surface area contributed by atoms with Crippen LogP contribution in [0.3, 0.4) is 0 Å². The van der Waals surface area contributed by atoms with E-state index in [2.05, 4.69) is 20.3 Å². The number of aryl methyl sites for hydroxylation is 2. The molecule has 0 spiro atoms. The van der Waals surface area contributed by atoms with Gasteiger partial charge >= 0.3 is 0 Å². The van der Waals surface area contributed by atoms with Gasteiger partial charge in [-0.15, -0.1) is 5.10 Å². The van der Waals surface area contributed by atoms with Gasteiger partial charge < -0.3 is 9.30 Å². The second kappa shape index (κ2) is 4.68. The molecule has 3 rings (SSSR count). The van der Waals surface area contributed by atoms with E-state index in [0.717, 1.165) is 23.3 Å². The van der Waals surface area contributed by atoms with Gasteiger partial charge in [0.15, 0.2) is 0 Å². The van der Waals surface area contributed by atoms with E-state index < -0.39 is 0 Å². The highest BCUT2D eigenvalue weighted by atomic mass is 16.5. The number of hydrogen-bond donors (Lipinski definition) is 0. The van der Waals surface area contributed by atoms with Crippen molar-refractivity contribution in [1.29, 1.82) is 0 Å². The number of nitrogens with zero attached hydrogens (tertiary/aromatic N) is 6. The van der Waals surface area contributed by atoms with Crippen molar-refractivity contribution in [2.45, 2.75) is 13.3 Å². The molecule has 0 amide bonds. The Morgan fingerprint density at radius 2 is 2.21 bits per heavy atom. The summed E-state index contributed by atoms with van der Waals surface area (Å²) in [5, 5.41) is 7.80. The molecule has 0 saturated heterocycles. The van der Waals surface area contributed by atoms with Gasteiger partial charge in [-0.2, -0.15) is 0 Å². The van der Waals surface area contributed by atoms with Gasteiger partial charge in [-0.1, -0.05) is 5.21 Å². The zero-order chi connectivity index (χ0) is 13.2. The highest BCUT2D eigenvalue weighted by molar-refractivity contribution is 5.53. The molecule has 0 N–H and O–H groups in total. The van der Waals surface area contributed by atoms with Crippen LogP contribution in [0.2, 0.25) is 0 Å². The van der Waals surface area contributed by atoms with Gasteiger partial charge in [0.25, 0.3) is 0 Å². The largest absolute Gasteiger partial charge is 0.476 e. The van der Waals surface area contributed by atoms with Gasteiger partial charge in [0.2, 0.25) is 5.88 Å². The lowest BCUT2D eigenvalue weighted by atomic mass is 10.3. The number of rotatable bonds is 4. The van der Waals surface area contributed by atoms with Crippen LogP contribution < -0.4 is 4.74 Å². The first-order valence-electron chi connectivity index (χ1n) is 6.00. The molecule has 98 valence electrons. The fraction of sp³-hybridized carbons (Fsp3) is 0.333. The highest BCUT2D eigenvalue weighted by Crippen LogP contribution is 2.16. The predicted molar refractivity (Wildman–Crippen MR) is 67.9 cm³/mol. The monoisotopic (exact) mass is 258 g/mol. The van der Waals surface area contributed by atoms with Crippen molar-refractivity contribution >= 4 is 5.52 Å². The van der Waals surface area contributed by atoms with Gasteiger partial charge in [0, 0.05) is 25.4 Å². The molecule has 7 nitrogen and oxygen atoms in total. The maximum absolute atomic E-state index is 5.73. The molecule has 0 aliphatic heterocycles. The minimum Gasteiger partial charge on any atom is -0.476 e. The third-order valence-corrected chi connectivity index (χ3v) is 2.89. The molecule has 0 atom stereocenters. The zero-order valence-electron chi connectivity index (χ0n) is 10.8. The number of ether oxygens (including phenoxy) is 1. The fourth-order valence-electron chi connectivity index (χ4n) is 1.90.